The fraction of sp³-hybridized carbons (Fsp3) is 0.217. The maximum Gasteiger partial charge on any atom is 0.337 e. The first-order valence-corrected chi connectivity index (χ1v) is 9.33. The van der Waals surface area contributed by atoms with E-state index < -0.39 is 0 Å². The van der Waals surface area contributed by atoms with Crippen molar-refractivity contribution in [1.29, 1.82) is 0 Å². The number of benzene rings is 3. The number of hydrogen-bond acceptors (Lipinski definition) is 3. The topological polar surface area (TPSA) is 72.0 Å². The number of carbonyl (C=O) groups is 2. The molecule has 0 aliphatic rings. The minimum absolute atomic E-state index is 0.0240. The van der Waals surface area contributed by atoms with Gasteiger partial charge in [0.1, 0.15) is 6.04 Å². The van der Waals surface area contributed by atoms with Crippen molar-refractivity contribution in [1.82, 2.24) is 5.32 Å². The molecule has 0 heterocycles. The largest absolute Gasteiger partial charge is 0.465 e. The van der Waals surface area contributed by atoms with Crippen LogP contribution in [0.1, 0.15) is 34.5 Å². The summed E-state index contributed by atoms with van der Waals surface area (Å²) in [7, 11) is 1.35. The third-order valence-corrected chi connectivity index (χ3v) is 4.84. The average Bonchev–Trinajstić information content (AvgIpc) is 2.75. The highest BCUT2D eigenvalue weighted by Crippen LogP contribution is 2.21. The molecule has 0 aliphatic carbocycles. The van der Waals surface area contributed by atoms with Crippen LogP contribution in [-0.2, 0) is 16.1 Å². The van der Waals surface area contributed by atoms with E-state index in [1.165, 1.54) is 23.4 Å². The van der Waals surface area contributed by atoms with Gasteiger partial charge in [-0.25, -0.2) is 4.79 Å². The molecule has 3 N–H and O–H groups in total. The molecule has 0 unspecified atom stereocenters. The number of methoxy groups -OCH3 is 1. The Labute approximate surface area is 164 Å². The summed E-state index contributed by atoms with van der Waals surface area (Å²) in [5.41, 5.74) is 2.65. The Morgan fingerprint density at radius 1 is 1.00 bits per heavy atom. The number of ether oxygens (including phenoxy) is 1. The van der Waals surface area contributed by atoms with Gasteiger partial charge in [-0.2, -0.15) is 0 Å². The summed E-state index contributed by atoms with van der Waals surface area (Å²) in [4.78, 5) is 23.7. The van der Waals surface area contributed by atoms with Crippen LogP contribution in [-0.4, -0.2) is 25.5 Å². The highest BCUT2D eigenvalue weighted by atomic mass is 16.5. The number of carbonyl (C=O) groups excluding carboxylic acids is 2. The van der Waals surface area contributed by atoms with E-state index in [9.17, 15) is 9.59 Å². The van der Waals surface area contributed by atoms with E-state index in [0.717, 1.165) is 5.56 Å². The Kier molecular flexibility index (Phi) is 6.40. The van der Waals surface area contributed by atoms with E-state index in [1.807, 2.05) is 29.6 Å². The lowest BCUT2D eigenvalue weighted by atomic mass is 10.00. The second-order valence-corrected chi connectivity index (χ2v) is 6.76. The van der Waals surface area contributed by atoms with Crippen molar-refractivity contribution in [3.63, 3.8) is 0 Å². The number of nitrogens with one attached hydrogen (secondary N) is 1. The highest BCUT2D eigenvalue weighted by Gasteiger charge is 2.14. The maximum absolute atomic E-state index is 12.2. The van der Waals surface area contributed by atoms with E-state index in [0.29, 0.717) is 18.7 Å². The first kappa shape index (κ1) is 19.6. The van der Waals surface area contributed by atoms with Crippen LogP contribution < -0.4 is 10.6 Å². The molecule has 0 saturated heterocycles. The zero-order valence-electron chi connectivity index (χ0n) is 16.1. The predicted octanol–water partition coefficient (Wildman–Crippen LogP) is 2.57. The van der Waals surface area contributed by atoms with E-state index in [2.05, 4.69) is 47.3 Å². The summed E-state index contributed by atoms with van der Waals surface area (Å²) in [6.45, 7) is 2.89. The van der Waals surface area contributed by atoms with Crippen molar-refractivity contribution in [3.8, 4) is 0 Å². The van der Waals surface area contributed by atoms with Crippen molar-refractivity contribution in [2.75, 3.05) is 13.7 Å². The minimum atomic E-state index is -0.368. The molecule has 0 radical (unpaired) electrons. The van der Waals surface area contributed by atoms with Crippen LogP contribution in [0.2, 0.25) is 0 Å². The molecule has 3 aromatic carbocycles. The number of rotatable bonds is 7. The van der Waals surface area contributed by atoms with Crippen molar-refractivity contribution in [2.45, 2.75) is 19.5 Å². The van der Waals surface area contributed by atoms with Crippen LogP contribution in [0, 0.1) is 0 Å². The van der Waals surface area contributed by atoms with Gasteiger partial charge < -0.3 is 15.4 Å². The standard InChI is InChI=1S/C23H24N2O3/c1-16(20-9-5-7-18-6-3-4-8-21(18)20)24-15-22(26)25-14-17-10-12-19(13-11-17)23(27)28-2/h3-13,16,24H,14-15H2,1-2H3,(H,25,26)/p+1/t16-/m0/s1. The molecule has 0 bridgehead atoms. The van der Waals surface area contributed by atoms with Crippen LogP contribution >= 0.6 is 0 Å². The van der Waals surface area contributed by atoms with Gasteiger partial charge in [0, 0.05) is 12.1 Å². The number of quaternary nitrogens is 1. The molecule has 0 saturated carbocycles. The van der Waals surface area contributed by atoms with Crippen LogP contribution in [0.4, 0.5) is 0 Å². The Morgan fingerprint density at radius 3 is 2.46 bits per heavy atom. The zero-order chi connectivity index (χ0) is 19.9. The summed E-state index contributed by atoms with van der Waals surface area (Å²) in [5, 5.41) is 7.39. The molecule has 144 valence electrons. The van der Waals surface area contributed by atoms with Gasteiger partial charge in [-0.15, -0.1) is 0 Å². The SMILES string of the molecule is COC(=O)c1ccc(CNC(=O)C[NH2+][C@@H](C)c2cccc3ccccc23)cc1. The molecular formula is C23H25N2O3+. The lowest BCUT2D eigenvalue weighted by Gasteiger charge is -2.14. The van der Waals surface area contributed by atoms with Gasteiger partial charge in [0.2, 0.25) is 0 Å². The van der Waals surface area contributed by atoms with Gasteiger partial charge in [0.05, 0.1) is 12.7 Å². The third-order valence-electron chi connectivity index (χ3n) is 4.84. The Morgan fingerprint density at radius 2 is 1.71 bits per heavy atom. The fourth-order valence-corrected chi connectivity index (χ4v) is 3.21. The van der Waals surface area contributed by atoms with Crippen LogP contribution in [0.3, 0.4) is 0 Å². The fourth-order valence-electron chi connectivity index (χ4n) is 3.21. The van der Waals surface area contributed by atoms with Crippen LogP contribution in [0.5, 0.6) is 0 Å². The highest BCUT2D eigenvalue weighted by molar-refractivity contribution is 5.89. The zero-order valence-corrected chi connectivity index (χ0v) is 16.1. The summed E-state index contributed by atoms with van der Waals surface area (Å²) in [6, 6.07) is 21.8. The molecule has 0 aliphatic heterocycles. The molecule has 28 heavy (non-hydrogen) atoms. The average molecular weight is 377 g/mol. The molecule has 3 rings (SSSR count). The van der Waals surface area contributed by atoms with Crippen molar-refractivity contribution >= 4 is 22.6 Å². The lowest BCUT2D eigenvalue weighted by molar-refractivity contribution is -0.682. The normalized spacial score (nSPS) is 11.8. The molecular weight excluding hydrogens is 352 g/mol. The lowest BCUT2D eigenvalue weighted by Crippen LogP contribution is -2.87. The second kappa shape index (κ2) is 9.15. The molecule has 0 aromatic heterocycles. The monoisotopic (exact) mass is 377 g/mol. The third kappa shape index (κ3) is 4.75. The summed E-state index contributed by atoms with van der Waals surface area (Å²) in [5.74, 6) is -0.392. The van der Waals surface area contributed by atoms with E-state index >= 15 is 0 Å². The van der Waals surface area contributed by atoms with Gasteiger partial charge in [-0.1, -0.05) is 54.6 Å². The van der Waals surface area contributed by atoms with Gasteiger partial charge in [-0.05, 0) is 35.4 Å². The second-order valence-electron chi connectivity index (χ2n) is 6.76. The number of hydrogen-bond donors (Lipinski definition) is 2. The molecule has 1 atom stereocenters. The molecule has 5 heteroatoms. The predicted molar refractivity (Wildman–Crippen MR) is 109 cm³/mol. The van der Waals surface area contributed by atoms with E-state index in [4.69, 9.17) is 0 Å². The molecule has 3 aromatic rings. The smallest absolute Gasteiger partial charge is 0.337 e. The number of nitrogens with two attached hydrogens (primary N) is 1. The first-order valence-electron chi connectivity index (χ1n) is 9.33. The maximum atomic E-state index is 12.2. The van der Waals surface area contributed by atoms with Crippen molar-refractivity contribution < 1.29 is 19.6 Å². The first-order chi connectivity index (χ1) is 13.6. The van der Waals surface area contributed by atoms with Crippen molar-refractivity contribution in [3.05, 3.63) is 83.4 Å². The van der Waals surface area contributed by atoms with E-state index in [1.54, 1.807) is 12.1 Å². The van der Waals surface area contributed by atoms with Gasteiger partial charge in [0.15, 0.2) is 6.54 Å². The molecule has 1 amide bonds. The summed E-state index contributed by atoms with van der Waals surface area (Å²) >= 11 is 0. The molecule has 0 fully saturated rings. The number of fused-ring (bicyclic) bond motifs is 1. The Hall–Kier alpha value is -3.18. The number of amides is 1. The molecule has 0 spiro atoms. The quantitative estimate of drug-likeness (QED) is 0.622. The number of esters is 1. The van der Waals surface area contributed by atoms with E-state index in [-0.39, 0.29) is 17.9 Å². The minimum Gasteiger partial charge on any atom is -0.465 e. The van der Waals surface area contributed by atoms with Gasteiger partial charge in [0.25, 0.3) is 5.91 Å². The Balaban J connectivity index is 1.52. The van der Waals surface area contributed by atoms with Gasteiger partial charge >= 0.3 is 5.97 Å². The Bertz CT molecular complexity index is 962. The summed E-state index contributed by atoms with van der Waals surface area (Å²) < 4.78 is 4.68. The summed E-state index contributed by atoms with van der Waals surface area (Å²) in [6.07, 6.45) is 0. The van der Waals surface area contributed by atoms with Crippen LogP contribution in [0.25, 0.3) is 10.8 Å². The molecule has 5 nitrogen and oxygen atoms in total. The van der Waals surface area contributed by atoms with Crippen molar-refractivity contribution in [2.24, 2.45) is 0 Å². The van der Waals surface area contributed by atoms with Crippen LogP contribution in [0.15, 0.2) is 66.7 Å². The van der Waals surface area contributed by atoms with Gasteiger partial charge in [-0.3, -0.25) is 4.79 Å².